The number of rotatable bonds is 5. The van der Waals surface area contributed by atoms with E-state index in [4.69, 9.17) is 10.4 Å². The van der Waals surface area contributed by atoms with Gasteiger partial charge in [0.15, 0.2) is 0 Å². The van der Waals surface area contributed by atoms with Gasteiger partial charge in [-0.05, 0) is 12.1 Å². The van der Waals surface area contributed by atoms with Crippen molar-refractivity contribution < 1.29 is 9.50 Å². The second-order valence-electron chi connectivity index (χ2n) is 3.20. The van der Waals surface area contributed by atoms with Crippen molar-refractivity contribution in [3.63, 3.8) is 0 Å². The molecule has 0 aliphatic heterocycles. The van der Waals surface area contributed by atoms with E-state index in [-0.39, 0.29) is 12.2 Å². The standard InChI is InChI=1S/C12H13FN2O/c1-2-6-15(7-8-16)12-5-3-4-11(13)10(12)9-14/h2-5,16H,1,6-8H2. The first-order valence-corrected chi connectivity index (χ1v) is 4.90. The molecule has 0 atom stereocenters. The molecule has 4 heteroatoms. The quantitative estimate of drug-likeness (QED) is 0.768. The topological polar surface area (TPSA) is 47.3 Å². The third-order valence-electron chi connectivity index (χ3n) is 2.16. The van der Waals surface area contributed by atoms with E-state index >= 15 is 0 Å². The SMILES string of the molecule is C=CCN(CCO)c1cccc(F)c1C#N. The molecule has 16 heavy (non-hydrogen) atoms. The van der Waals surface area contributed by atoms with Crippen LogP contribution >= 0.6 is 0 Å². The second-order valence-corrected chi connectivity index (χ2v) is 3.20. The molecule has 0 heterocycles. The van der Waals surface area contributed by atoms with Gasteiger partial charge in [0.25, 0.3) is 0 Å². The molecule has 0 saturated heterocycles. The summed E-state index contributed by atoms with van der Waals surface area (Å²) in [5.41, 5.74) is 0.481. The molecule has 0 aromatic heterocycles. The van der Waals surface area contributed by atoms with Gasteiger partial charge in [-0.1, -0.05) is 12.1 Å². The number of aliphatic hydroxyl groups excluding tert-OH is 1. The van der Waals surface area contributed by atoms with Gasteiger partial charge < -0.3 is 10.0 Å². The molecule has 1 aromatic rings. The van der Waals surface area contributed by atoms with Crippen molar-refractivity contribution in [1.82, 2.24) is 0 Å². The number of nitrogens with zero attached hydrogens (tertiary/aromatic N) is 2. The number of benzene rings is 1. The van der Waals surface area contributed by atoms with Gasteiger partial charge in [0.2, 0.25) is 0 Å². The van der Waals surface area contributed by atoms with Gasteiger partial charge in [-0.15, -0.1) is 6.58 Å². The molecule has 1 aromatic carbocycles. The third kappa shape index (κ3) is 2.59. The number of nitriles is 1. The van der Waals surface area contributed by atoms with Crippen LogP contribution in [0.5, 0.6) is 0 Å². The van der Waals surface area contributed by atoms with E-state index in [0.29, 0.717) is 18.8 Å². The number of anilines is 1. The Hall–Kier alpha value is -1.86. The average Bonchev–Trinajstić information content (AvgIpc) is 2.28. The lowest BCUT2D eigenvalue weighted by Gasteiger charge is -2.23. The Labute approximate surface area is 94.0 Å². The van der Waals surface area contributed by atoms with Gasteiger partial charge in [0.1, 0.15) is 17.4 Å². The fourth-order valence-electron chi connectivity index (χ4n) is 1.47. The fourth-order valence-corrected chi connectivity index (χ4v) is 1.47. The smallest absolute Gasteiger partial charge is 0.143 e. The summed E-state index contributed by atoms with van der Waals surface area (Å²) in [6.45, 7) is 4.32. The highest BCUT2D eigenvalue weighted by molar-refractivity contribution is 5.60. The number of hydrogen-bond donors (Lipinski definition) is 1. The zero-order valence-electron chi connectivity index (χ0n) is 8.86. The molecule has 3 nitrogen and oxygen atoms in total. The predicted molar refractivity (Wildman–Crippen MR) is 60.6 cm³/mol. The molecule has 84 valence electrons. The van der Waals surface area contributed by atoms with E-state index in [9.17, 15) is 4.39 Å². The first-order valence-electron chi connectivity index (χ1n) is 4.90. The van der Waals surface area contributed by atoms with Crippen molar-refractivity contribution in [3.05, 3.63) is 42.2 Å². The largest absolute Gasteiger partial charge is 0.395 e. The van der Waals surface area contributed by atoms with Gasteiger partial charge in [-0.25, -0.2) is 4.39 Å². The highest BCUT2D eigenvalue weighted by Gasteiger charge is 2.12. The van der Waals surface area contributed by atoms with Crippen LogP contribution in [0.4, 0.5) is 10.1 Å². The highest BCUT2D eigenvalue weighted by Crippen LogP contribution is 2.22. The molecule has 0 aliphatic carbocycles. The minimum absolute atomic E-state index is 0.00204. The molecule has 0 fully saturated rings. The Morgan fingerprint density at radius 3 is 2.88 bits per heavy atom. The van der Waals surface area contributed by atoms with Crippen LogP contribution in [-0.4, -0.2) is 24.8 Å². The average molecular weight is 220 g/mol. The van der Waals surface area contributed by atoms with Crippen molar-refractivity contribution in [2.24, 2.45) is 0 Å². The van der Waals surface area contributed by atoms with E-state index in [1.54, 1.807) is 23.1 Å². The highest BCUT2D eigenvalue weighted by atomic mass is 19.1. The zero-order valence-corrected chi connectivity index (χ0v) is 8.86. The lowest BCUT2D eigenvalue weighted by atomic mass is 10.1. The summed E-state index contributed by atoms with van der Waals surface area (Å²) in [7, 11) is 0. The Balaban J connectivity index is 3.13. The van der Waals surface area contributed by atoms with Crippen molar-refractivity contribution in [3.8, 4) is 6.07 Å². The normalized spacial score (nSPS) is 9.56. The van der Waals surface area contributed by atoms with Crippen LogP contribution in [0.3, 0.4) is 0 Å². The number of hydrogen-bond acceptors (Lipinski definition) is 3. The molecule has 1 N–H and O–H groups in total. The summed E-state index contributed by atoms with van der Waals surface area (Å²) >= 11 is 0. The molecule has 0 unspecified atom stereocenters. The molecular weight excluding hydrogens is 207 g/mol. The molecule has 0 amide bonds. The van der Waals surface area contributed by atoms with Crippen molar-refractivity contribution in [1.29, 1.82) is 5.26 Å². The molecule has 0 saturated carbocycles. The van der Waals surface area contributed by atoms with Gasteiger partial charge in [0.05, 0.1) is 12.3 Å². The number of aliphatic hydroxyl groups is 1. The van der Waals surface area contributed by atoms with Crippen molar-refractivity contribution in [2.45, 2.75) is 0 Å². The van der Waals surface area contributed by atoms with Crippen LogP contribution in [-0.2, 0) is 0 Å². The first-order chi connectivity index (χ1) is 7.74. The maximum Gasteiger partial charge on any atom is 0.143 e. The first kappa shape index (κ1) is 12.2. The van der Waals surface area contributed by atoms with Crippen LogP contribution in [0.1, 0.15) is 5.56 Å². The van der Waals surface area contributed by atoms with Crippen LogP contribution < -0.4 is 4.90 Å². The summed E-state index contributed by atoms with van der Waals surface area (Å²) < 4.78 is 13.4. The van der Waals surface area contributed by atoms with E-state index in [2.05, 4.69) is 6.58 Å². The van der Waals surface area contributed by atoms with Crippen molar-refractivity contribution >= 4 is 5.69 Å². The molecule has 0 bridgehead atoms. The third-order valence-corrected chi connectivity index (χ3v) is 2.16. The monoisotopic (exact) mass is 220 g/mol. The van der Waals surface area contributed by atoms with Crippen LogP contribution in [0.25, 0.3) is 0 Å². The minimum Gasteiger partial charge on any atom is -0.395 e. The Morgan fingerprint density at radius 2 is 2.31 bits per heavy atom. The molecular formula is C12H13FN2O. The molecule has 0 radical (unpaired) electrons. The molecule has 0 spiro atoms. The summed E-state index contributed by atoms with van der Waals surface area (Å²) in [5.74, 6) is -0.549. The summed E-state index contributed by atoms with van der Waals surface area (Å²) in [5, 5.41) is 17.8. The molecule has 0 aliphatic rings. The van der Waals surface area contributed by atoms with Gasteiger partial charge in [0, 0.05) is 13.1 Å². The van der Waals surface area contributed by atoms with E-state index < -0.39 is 5.82 Å². The lowest BCUT2D eigenvalue weighted by molar-refractivity contribution is 0.303. The summed E-state index contributed by atoms with van der Waals surface area (Å²) in [6, 6.07) is 6.27. The lowest BCUT2D eigenvalue weighted by Crippen LogP contribution is -2.27. The van der Waals surface area contributed by atoms with Gasteiger partial charge in [-0.2, -0.15) is 5.26 Å². The molecule has 1 rings (SSSR count). The minimum atomic E-state index is -0.549. The van der Waals surface area contributed by atoms with E-state index in [1.807, 2.05) is 6.07 Å². The van der Waals surface area contributed by atoms with E-state index in [0.717, 1.165) is 0 Å². The van der Waals surface area contributed by atoms with E-state index in [1.165, 1.54) is 6.07 Å². The maximum absolute atomic E-state index is 13.4. The second kappa shape index (κ2) is 5.89. The van der Waals surface area contributed by atoms with Gasteiger partial charge in [-0.3, -0.25) is 0 Å². The Bertz CT molecular complexity index is 412. The van der Waals surface area contributed by atoms with Crippen LogP contribution in [0.2, 0.25) is 0 Å². The Morgan fingerprint density at radius 1 is 1.56 bits per heavy atom. The maximum atomic E-state index is 13.4. The predicted octanol–water partition coefficient (Wildman–Crippen LogP) is 1.68. The van der Waals surface area contributed by atoms with Crippen LogP contribution in [0.15, 0.2) is 30.9 Å². The summed E-state index contributed by atoms with van der Waals surface area (Å²) in [6.07, 6.45) is 1.64. The zero-order chi connectivity index (χ0) is 12.0. The Kier molecular flexibility index (Phi) is 4.49. The fraction of sp³-hybridized carbons (Fsp3) is 0.250. The number of halogens is 1. The summed E-state index contributed by atoms with van der Waals surface area (Å²) in [4.78, 5) is 1.70. The van der Waals surface area contributed by atoms with Gasteiger partial charge >= 0.3 is 0 Å². The van der Waals surface area contributed by atoms with Crippen molar-refractivity contribution in [2.75, 3.05) is 24.6 Å². The van der Waals surface area contributed by atoms with Crippen LogP contribution in [0, 0.1) is 17.1 Å².